The zero-order chi connectivity index (χ0) is 35.8. The van der Waals surface area contributed by atoms with E-state index in [-0.39, 0.29) is 0 Å². The summed E-state index contributed by atoms with van der Waals surface area (Å²) < 4.78 is 10.6. The molecule has 0 amide bonds. The molecule has 6 nitrogen and oxygen atoms in total. The molecule has 2 N–H and O–H groups in total. The first-order valence-electron chi connectivity index (χ1n) is 18.0. The van der Waals surface area contributed by atoms with Gasteiger partial charge in [-0.15, -0.1) is 0 Å². The van der Waals surface area contributed by atoms with E-state index >= 15 is 0 Å². The zero-order valence-corrected chi connectivity index (χ0v) is 29.0. The van der Waals surface area contributed by atoms with Crippen LogP contribution in [0.3, 0.4) is 0 Å². The SMILES string of the molecule is N=C(c1ccccc1)c1ccccc1Nn1c2ccccc2c2ccc(-c3ccc4c(c3)c3ccccc3n4-c3ccc4oc5cccnc5c4c3)cc21. The van der Waals surface area contributed by atoms with Crippen LogP contribution >= 0.6 is 0 Å². The van der Waals surface area contributed by atoms with Gasteiger partial charge in [-0.2, -0.15) is 0 Å². The predicted molar refractivity (Wildman–Crippen MR) is 222 cm³/mol. The van der Waals surface area contributed by atoms with E-state index in [0.717, 1.165) is 83.2 Å². The van der Waals surface area contributed by atoms with Crippen molar-refractivity contribution >= 4 is 77.1 Å². The second-order valence-electron chi connectivity index (χ2n) is 13.7. The Morgan fingerprint density at radius 2 is 1.22 bits per heavy atom. The molecule has 7 aromatic carbocycles. The highest BCUT2D eigenvalue weighted by Crippen LogP contribution is 2.38. The lowest BCUT2D eigenvalue weighted by Gasteiger charge is -2.16. The molecule has 11 rings (SSSR count). The number of nitrogens with zero attached hydrogens (tertiary/aromatic N) is 3. The maximum absolute atomic E-state index is 9.09. The van der Waals surface area contributed by atoms with Gasteiger partial charge in [0.1, 0.15) is 11.1 Å². The molecule has 6 heteroatoms. The monoisotopic (exact) mass is 693 g/mol. The van der Waals surface area contributed by atoms with E-state index in [1.165, 1.54) is 16.2 Å². The number of furan rings is 1. The molecule has 0 radical (unpaired) electrons. The quantitative estimate of drug-likeness (QED) is 0.170. The van der Waals surface area contributed by atoms with Gasteiger partial charge in [0.25, 0.3) is 0 Å². The van der Waals surface area contributed by atoms with Gasteiger partial charge in [-0.25, -0.2) is 0 Å². The fourth-order valence-corrected chi connectivity index (χ4v) is 8.11. The second-order valence-corrected chi connectivity index (χ2v) is 13.7. The first-order valence-corrected chi connectivity index (χ1v) is 18.0. The van der Waals surface area contributed by atoms with Crippen LogP contribution in [-0.2, 0) is 0 Å². The number of fused-ring (bicyclic) bond motifs is 9. The van der Waals surface area contributed by atoms with E-state index in [1.807, 2.05) is 79.0 Å². The molecule has 0 unspecified atom stereocenters. The molecule has 0 saturated heterocycles. The average Bonchev–Trinajstić information content (AvgIpc) is 3.88. The van der Waals surface area contributed by atoms with Gasteiger partial charge in [0.05, 0.1) is 33.5 Å². The Hall–Kier alpha value is -7.44. The summed E-state index contributed by atoms with van der Waals surface area (Å²) >= 11 is 0. The van der Waals surface area contributed by atoms with Gasteiger partial charge in [-0.3, -0.25) is 20.5 Å². The summed E-state index contributed by atoms with van der Waals surface area (Å²) in [7, 11) is 0. The highest BCUT2D eigenvalue weighted by molar-refractivity contribution is 6.15. The summed E-state index contributed by atoms with van der Waals surface area (Å²) in [6, 6.07) is 58.8. The molecule has 0 fully saturated rings. The van der Waals surface area contributed by atoms with Crippen molar-refractivity contribution in [3.63, 3.8) is 0 Å². The third kappa shape index (κ3) is 4.60. The Kier molecular flexibility index (Phi) is 6.60. The van der Waals surface area contributed by atoms with Gasteiger partial charge >= 0.3 is 0 Å². The van der Waals surface area contributed by atoms with Crippen molar-refractivity contribution in [2.45, 2.75) is 0 Å². The summed E-state index contributed by atoms with van der Waals surface area (Å²) in [4.78, 5) is 4.63. The Morgan fingerprint density at radius 1 is 0.519 bits per heavy atom. The number of rotatable bonds is 6. The Morgan fingerprint density at radius 3 is 2.11 bits per heavy atom. The average molecular weight is 694 g/mol. The molecule has 4 aromatic heterocycles. The molecule has 0 atom stereocenters. The van der Waals surface area contributed by atoms with E-state index in [1.54, 1.807) is 0 Å². The molecule has 0 saturated carbocycles. The van der Waals surface area contributed by atoms with Crippen LogP contribution in [0.2, 0.25) is 0 Å². The molecule has 0 aliphatic rings. The van der Waals surface area contributed by atoms with Crippen molar-refractivity contribution in [1.82, 2.24) is 14.2 Å². The van der Waals surface area contributed by atoms with Gasteiger partial charge < -0.3 is 8.98 Å². The van der Waals surface area contributed by atoms with Crippen molar-refractivity contribution in [1.29, 1.82) is 5.41 Å². The van der Waals surface area contributed by atoms with E-state index in [4.69, 9.17) is 9.83 Å². The normalized spacial score (nSPS) is 11.8. The van der Waals surface area contributed by atoms with Gasteiger partial charge in [0, 0.05) is 49.9 Å². The van der Waals surface area contributed by atoms with Crippen molar-refractivity contribution in [2.24, 2.45) is 0 Å². The van der Waals surface area contributed by atoms with E-state index in [0.29, 0.717) is 5.71 Å². The lowest BCUT2D eigenvalue weighted by Crippen LogP contribution is -2.13. The summed E-state index contributed by atoms with van der Waals surface area (Å²) in [5.41, 5.74) is 17.0. The first-order chi connectivity index (χ1) is 26.7. The highest BCUT2D eigenvalue weighted by Gasteiger charge is 2.18. The Balaban J connectivity index is 1.06. The lowest BCUT2D eigenvalue weighted by atomic mass is 10.0. The van der Waals surface area contributed by atoms with Crippen LogP contribution in [0, 0.1) is 5.41 Å². The fourth-order valence-electron chi connectivity index (χ4n) is 8.11. The number of para-hydroxylation sites is 3. The number of anilines is 1. The summed E-state index contributed by atoms with van der Waals surface area (Å²) in [6.07, 6.45) is 1.82. The molecule has 254 valence electrons. The van der Waals surface area contributed by atoms with Gasteiger partial charge in [-0.05, 0) is 77.9 Å². The van der Waals surface area contributed by atoms with Crippen LogP contribution in [0.4, 0.5) is 5.69 Å². The molecule has 0 bridgehead atoms. The molecule has 11 aromatic rings. The number of hydrogen-bond acceptors (Lipinski definition) is 4. The van der Waals surface area contributed by atoms with Gasteiger partial charge in [0.15, 0.2) is 5.58 Å². The molecular weight excluding hydrogens is 663 g/mol. The minimum absolute atomic E-state index is 0.474. The van der Waals surface area contributed by atoms with Crippen LogP contribution < -0.4 is 5.43 Å². The number of pyridine rings is 1. The van der Waals surface area contributed by atoms with Crippen molar-refractivity contribution < 1.29 is 4.42 Å². The largest absolute Gasteiger partial charge is 0.454 e. The molecule has 0 aliphatic carbocycles. The van der Waals surface area contributed by atoms with Crippen molar-refractivity contribution in [2.75, 3.05) is 5.43 Å². The van der Waals surface area contributed by atoms with Crippen LogP contribution in [0.15, 0.2) is 180 Å². The van der Waals surface area contributed by atoms with Gasteiger partial charge in [-0.1, -0.05) is 103 Å². The second kappa shape index (κ2) is 11.8. The third-order valence-corrected chi connectivity index (χ3v) is 10.6. The van der Waals surface area contributed by atoms with Crippen molar-refractivity contribution in [3.05, 3.63) is 187 Å². The standard InChI is InChI=1S/C48H31N5O/c49-47(30-11-2-1-3-12-30)37-15-4-7-16-40(37)51-53-43-18-9-6-13-34(43)36-23-20-32(28-44(36)53)31-21-24-42-38(27-31)35-14-5-8-17-41(35)52(42)33-22-25-45-39(29-33)48-46(54-45)19-10-26-50-48/h1-29,49,51H. The van der Waals surface area contributed by atoms with Gasteiger partial charge in [0.2, 0.25) is 0 Å². The number of nitrogens with one attached hydrogen (secondary N) is 2. The minimum Gasteiger partial charge on any atom is -0.454 e. The molecule has 0 spiro atoms. The maximum Gasteiger partial charge on any atom is 0.153 e. The predicted octanol–water partition coefficient (Wildman–Crippen LogP) is 12.1. The molecular formula is C48H31N5O. The van der Waals surface area contributed by atoms with E-state index in [9.17, 15) is 0 Å². The number of benzene rings is 7. The molecule has 0 aliphatic heterocycles. The van der Waals surface area contributed by atoms with E-state index < -0.39 is 0 Å². The van der Waals surface area contributed by atoms with Crippen molar-refractivity contribution in [3.8, 4) is 16.8 Å². The summed E-state index contributed by atoms with van der Waals surface area (Å²) in [6.45, 7) is 0. The Bertz CT molecular complexity index is 3280. The number of aromatic nitrogens is 3. The first kappa shape index (κ1) is 30.2. The Labute approximate surface area is 309 Å². The van der Waals surface area contributed by atoms with E-state index in [2.05, 4.69) is 117 Å². The summed E-state index contributed by atoms with van der Waals surface area (Å²) in [5, 5.41) is 14.8. The van der Waals surface area contributed by atoms with Crippen LogP contribution in [0.1, 0.15) is 11.1 Å². The summed E-state index contributed by atoms with van der Waals surface area (Å²) in [5.74, 6) is 0. The van der Waals surface area contributed by atoms with Crippen LogP contribution in [0.5, 0.6) is 0 Å². The molecule has 4 heterocycles. The third-order valence-electron chi connectivity index (χ3n) is 10.6. The highest BCUT2D eigenvalue weighted by atomic mass is 16.3. The zero-order valence-electron chi connectivity index (χ0n) is 29.0. The maximum atomic E-state index is 9.09. The topological polar surface area (TPSA) is 71.8 Å². The number of hydrogen-bond donors (Lipinski definition) is 2. The van der Waals surface area contributed by atoms with Crippen LogP contribution in [-0.4, -0.2) is 19.9 Å². The molecule has 54 heavy (non-hydrogen) atoms. The lowest BCUT2D eigenvalue weighted by molar-refractivity contribution is 0.668. The minimum atomic E-state index is 0.474. The smallest absolute Gasteiger partial charge is 0.153 e. The fraction of sp³-hybridized carbons (Fsp3) is 0. The van der Waals surface area contributed by atoms with Crippen LogP contribution in [0.25, 0.3) is 82.5 Å².